The number of anilines is 2. The van der Waals surface area contributed by atoms with E-state index in [0.717, 1.165) is 11.2 Å². The van der Waals surface area contributed by atoms with Crippen LogP contribution in [0, 0.1) is 11.8 Å². The van der Waals surface area contributed by atoms with Crippen LogP contribution in [0.15, 0.2) is 18.5 Å². The largest absolute Gasteiger partial charge is 0.419 e. The average Bonchev–Trinajstić information content (AvgIpc) is 3.37. The van der Waals surface area contributed by atoms with Crippen LogP contribution in [0.1, 0.15) is 5.56 Å². The number of aromatic nitrogens is 4. The molecule has 166 valence electrons. The lowest BCUT2D eigenvalue weighted by atomic mass is 10.0. The van der Waals surface area contributed by atoms with Gasteiger partial charge in [-0.1, -0.05) is 11.3 Å². The van der Waals surface area contributed by atoms with E-state index in [0.29, 0.717) is 36.8 Å². The summed E-state index contributed by atoms with van der Waals surface area (Å²) in [6.45, 7) is 2.44. The van der Waals surface area contributed by atoms with Crippen LogP contribution in [0.5, 0.6) is 0 Å². The van der Waals surface area contributed by atoms with Crippen LogP contribution in [0.4, 0.5) is 24.1 Å². The Hall–Kier alpha value is -2.45. The number of fused-ring (bicyclic) bond motifs is 2. The molecule has 2 aliphatic heterocycles. The molecule has 31 heavy (non-hydrogen) atoms. The van der Waals surface area contributed by atoms with E-state index in [4.69, 9.17) is 5.73 Å². The maximum absolute atomic E-state index is 13.1. The highest BCUT2D eigenvalue weighted by molar-refractivity contribution is 7.88. The van der Waals surface area contributed by atoms with Crippen molar-refractivity contribution in [2.45, 2.75) is 6.18 Å². The molecule has 2 aliphatic rings. The quantitative estimate of drug-likeness (QED) is 0.618. The van der Waals surface area contributed by atoms with E-state index >= 15 is 0 Å². The van der Waals surface area contributed by atoms with Crippen LogP contribution in [0.2, 0.25) is 0 Å². The zero-order valence-electron chi connectivity index (χ0n) is 16.2. The van der Waals surface area contributed by atoms with E-state index in [1.807, 2.05) is 0 Å². The van der Waals surface area contributed by atoms with Crippen molar-refractivity contribution >= 4 is 37.3 Å². The molecular formula is C17H18F3N7O2S2. The van der Waals surface area contributed by atoms with Gasteiger partial charge in [0.15, 0.2) is 0 Å². The van der Waals surface area contributed by atoms with Crippen LogP contribution >= 0.6 is 11.3 Å². The number of nitrogens with two attached hydrogens (primary N) is 1. The molecule has 2 atom stereocenters. The summed E-state index contributed by atoms with van der Waals surface area (Å²) in [7, 11) is -3.18. The number of nitrogen functional groups attached to an aromatic ring is 1. The summed E-state index contributed by atoms with van der Waals surface area (Å²) in [5.41, 5.74) is 4.89. The molecular weight excluding hydrogens is 455 g/mol. The van der Waals surface area contributed by atoms with Crippen LogP contribution in [0.3, 0.4) is 0 Å². The normalized spacial score (nSPS) is 22.5. The van der Waals surface area contributed by atoms with Crippen LogP contribution < -0.4 is 10.6 Å². The second-order valence-corrected chi connectivity index (χ2v) is 10.8. The molecule has 14 heteroatoms. The maximum atomic E-state index is 13.1. The summed E-state index contributed by atoms with van der Waals surface area (Å²) in [6, 6.07) is 0.935. The van der Waals surface area contributed by atoms with Gasteiger partial charge in [-0.2, -0.15) is 13.2 Å². The first-order valence-electron chi connectivity index (χ1n) is 9.38. The number of alkyl halides is 3. The summed E-state index contributed by atoms with van der Waals surface area (Å²) in [4.78, 5) is 10.7. The summed E-state index contributed by atoms with van der Waals surface area (Å²) in [5.74, 6) is -0.0713. The molecule has 0 radical (unpaired) electrons. The summed E-state index contributed by atoms with van der Waals surface area (Å²) < 4.78 is 65.9. The number of imidazole rings is 1. The third-order valence-corrected chi connectivity index (χ3v) is 7.96. The average molecular weight is 474 g/mol. The van der Waals surface area contributed by atoms with Gasteiger partial charge in [0.2, 0.25) is 20.1 Å². The van der Waals surface area contributed by atoms with Gasteiger partial charge in [0.25, 0.3) is 0 Å². The molecule has 0 spiro atoms. The fourth-order valence-corrected chi connectivity index (χ4v) is 6.00. The highest BCUT2D eigenvalue weighted by Crippen LogP contribution is 2.38. The SMILES string of the molecule is CS(=O)(=O)N1CC2CN(c3nn4cc(-c5cnc(N)c(C(F)(F)F)c5)nc4s3)CC2C1. The zero-order chi connectivity index (χ0) is 22.1. The minimum atomic E-state index is -4.60. The van der Waals surface area contributed by atoms with Crippen molar-refractivity contribution < 1.29 is 21.6 Å². The fraction of sp³-hybridized carbons (Fsp3) is 0.471. The number of rotatable bonds is 3. The summed E-state index contributed by atoms with van der Waals surface area (Å²) in [6.07, 6.45) is -0.554. The zero-order valence-corrected chi connectivity index (χ0v) is 17.9. The molecule has 3 aromatic rings. The summed E-state index contributed by atoms with van der Waals surface area (Å²) in [5, 5.41) is 5.27. The first-order chi connectivity index (χ1) is 14.5. The van der Waals surface area contributed by atoms with E-state index < -0.39 is 27.6 Å². The Morgan fingerprint density at radius 2 is 1.87 bits per heavy atom. The van der Waals surface area contributed by atoms with Crippen molar-refractivity contribution in [2.24, 2.45) is 11.8 Å². The third-order valence-electron chi connectivity index (χ3n) is 5.74. The highest BCUT2D eigenvalue weighted by Gasteiger charge is 2.43. The third kappa shape index (κ3) is 3.61. The van der Waals surface area contributed by atoms with Crippen LogP contribution in [-0.2, 0) is 16.2 Å². The lowest BCUT2D eigenvalue weighted by molar-refractivity contribution is -0.137. The molecule has 0 saturated carbocycles. The van der Waals surface area contributed by atoms with Crippen molar-refractivity contribution in [3.05, 3.63) is 24.0 Å². The van der Waals surface area contributed by atoms with Crippen molar-refractivity contribution in [1.29, 1.82) is 0 Å². The van der Waals surface area contributed by atoms with E-state index in [1.54, 1.807) is 6.20 Å². The van der Waals surface area contributed by atoms with E-state index in [9.17, 15) is 21.6 Å². The standard InChI is InChI=1S/C17H18F3N7O2S2/c1-31(28,29)26-6-10-4-25(5-11(10)7-26)16-24-27-8-13(23-15(27)30-16)9-2-12(17(18,19)20)14(21)22-3-9/h2-3,8,10-11H,4-7H2,1H3,(H2,21,22). The van der Waals surface area contributed by atoms with Gasteiger partial charge < -0.3 is 10.6 Å². The molecule has 3 aromatic heterocycles. The number of halogens is 3. The van der Waals surface area contributed by atoms with Gasteiger partial charge in [-0.15, -0.1) is 5.10 Å². The van der Waals surface area contributed by atoms with Gasteiger partial charge in [0.1, 0.15) is 5.82 Å². The second-order valence-electron chi connectivity index (χ2n) is 7.90. The van der Waals surface area contributed by atoms with Gasteiger partial charge in [0, 0.05) is 37.9 Å². The Balaban J connectivity index is 1.36. The Labute approximate surface area is 179 Å². The first-order valence-corrected chi connectivity index (χ1v) is 12.0. The Kier molecular flexibility index (Phi) is 4.47. The monoisotopic (exact) mass is 473 g/mol. The maximum Gasteiger partial charge on any atom is 0.419 e. The number of sulfonamides is 1. The van der Waals surface area contributed by atoms with Gasteiger partial charge in [-0.25, -0.2) is 27.2 Å². The minimum Gasteiger partial charge on any atom is -0.383 e. The topological polar surface area (TPSA) is 110 Å². The van der Waals surface area contributed by atoms with Gasteiger partial charge >= 0.3 is 6.18 Å². The molecule has 0 bridgehead atoms. The fourth-order valence-electron chi connectivity index (χ4n) is 4.18. The highest BCUT2D eigenvalue weighted by atomic mass is 32.2. The molecule has 5 rings (SSSR count). The molecule has 2 N–H and O–H groups in total. The Morgan fingerprint density at radius 3 is 2.45 bits per heavy atom. The molecule has 2 fully saturated rings. The van der Waals surface area contributed by atoms with Crippen molar-refractivity contribution in [3.63, 3.8) is 0 Å². The molecule has 2 unspecified atom stereocenters. The van der Waals surface area contributed by atoms with E-state index in [2.05, 4.69) is 20.0 Å². The van der Waals surface area contributed by atoms with Gasteiger partial charge in [0.05, 0.1) is 23.7 Å². The first kappa shape index (κ1) is 20.5. The van der Waals surface area contributed by atoms with E-state index in [1.165, 1.54) is 32.6 Å². The lowest BCUT2D eigenvalue weighted by Gasteiger charge is -2.19. The number of hydrogen-bond acceptors (Lipinski definition) is 8. The van der Waals surface area contributed by atoms with Crippen LogP contribution in [0.25, 0.3) is 16.2 Å². The number of nitrogens with zero attached hydrogens (tertiary/aromatic N) is 6. The minimum absolute atomic E-state index is 0.206. The number of pyridine rings is 1. The van der Waals surface area contributed by atoms with Crippen molar-refractivity contribution in [1.82, 2.24) is 23.9 Å². The molecule has 2 saturated heterocycles. The molecule has 0 aliphatic carbocycles. The van der Waals surface area contributed by atoms with Gasteiger partial charge in [-0.05, 0) is 17.9 Å². The van der Waals surface area contributed by atoms with Gasteiger partial charge in [-0.3, -0.25) is 0 Å². The predicted octanol–water partition coefficient (Wildman–Crippen LogP) is 1.78. The van der Waals surface area contributed by atoms with Crippen LogP contribution in [-0.4, -0.2) is 64.7 Å². The smallest absolute Gasteiger partial charge is 0.383 e. The summed E-state index contributed by atoms with van der Waals surface area (Å²) >= 11 is 1.34. The molecule has 5 heterocycles. The van der Waals surface area contributed by atoms with Crippen molar-refractivity contribution in [3.8, 4) is 11.3 Å². The lowest BCUT2D eigenvalue weighted by Crippen LogP contribution is -2.32. The molecule has 0 aromatic carbocycles. The predicted molar refractivity (Wildman–Crippen MR) is 109 cm³/mol. The molecule has 9 nitrogen and oxygen atoms in total. The van der Waals surface area contributed by atoms with Crippen molar-refractivity contribution in [2.75, 3.05) is 43.1 Å². The molecule has 0 amide bonds. The Morgan fingerprint density at radius 1 is 1.19 bits per heavy atom. The second kappa shape index (κ2) is 6.77. The number of hydrogen-bond donors (Lipinski definition) is 1. The Bertz CT molecular complexity index is 1220. The van der Waals surface area contributed by atoms with E-state index in [-0.39, 0.29) is 17.4 Å².